The molecule has 4 N–H and O–H groups in total. The zero-order chi connectivity index (χ0) is 13.1. The summed E-state index contributed by atoms with van der Waals surface area (Å²) in [7, 11) is 0. The van der Waals surface area contributed by atoms with Crippen molar-refractivity contribution in [3.8, 4) is 0 Å². The molecule has 0 saturated heterocycles. The van der Waals surface area contributed by atoms with Crippen LogP contribution in [-0.4, -0.2) is 24.2 Å². The van der Waals surface area contributed by atoms with Crippen LogP contribution in [0.4, 0.5) is 0 Å². The predicted molar refractivity (Wildman–Crippen MR) is 65.3 cm³/mol. The molecule has 0 unspecified atom stereocenters. The second-order valence-corrected chi connectivity index (χ2v) is 3.42. The summed E-state index contributed by atoms with van der Waals surface area (Å²) in [5.74, 6) is -1.56. The molecule has 0 spiro atoms. The van der Waals surface area contributed by atoms with Crippen molar-refractivity contribution >= 4 is 24.2 Å². The first-order valence-electron chi connectivity index (χ1n) is 4.94. The molecule has 2 amide bonds. The molecule has 0 radical (unpaired) electrons. The van der Waals surface area contributed by atoms with Crippen molar-refractivity contribution in [1.29, 1.82) is 0 Å². The lowest BCUT2D eigenvalue weighted by atomic mass is 9.93. The second-order valence-electron chi connectivity index (χ2n) is 3.42. The molecule has 0 aromatic carbocycles. The lowest BCUT2D eigenvalue weighted by Crippen LogP contribution is -2.26. The number of amides is 2. The van der Waals surface area contributed by atoms with Gasteiger partial charge in [0.15, 0.2) is 18.0 Å². The maximum Gasteiger partial charge on any atom is 0.304 e. The Labute approximate surface area is 103 Å². The first kappa shape index (κ1) is 11.5. The molecule has 0 bridgehead atoms. The van der Waals surface area contributed by atoms with Crippen LogP contribution in [-0.2, 0) is 9.59 Å². The highest BCUT2D eigenvalue weighted by Crippen LogP contribution is 2.24. The van der Waals surface area contributed by atoms with E-state index in [2.05, 4.69) is 22.4 Å². The van der Waals surface area contributed by atoms with E-state index in [9.17, 15) is 9.59 Å². The van der Waals surface area contributed by atoms with Gasteiger partial charge in [-0.05, 0) is 0 Å². The Kier molecular flexibility index (Phi) is 2.89. The number of aliphatic imine (C=N–C) groups is 2. The van der Waals surface area contributed by atoms with E-state index in [-0.39, 0.29) is 16.7 Å². The molecule has 0 saturated carbocycles. The second kappa shape index (κ2) is 4.51. The maximum atomic E-state index is 11.5. The van der Waals surface area contributed by atoms with E-state index < -0.39 is 11.8 Å². The minimum absolute atomic E-state index is 0.0262. The number of hydrogen-bond acceptors (Lipinski definition) is 4. The van der Waals surface area contributed by atoms with E-state index in [4.69, 9.17) is 11.5 Å². The minimum Gasteiger partial charge on any atom is -0.364 e. The molecule has 2 aliphatic rings. The average molecular weight is 240 g/mol. The summed E-state index contributed by atoms with van der Waals surface area (Å²) >= 11 is 0. The van der Waals surface area contributed by atoms with Gasteiger partial charge in [-0.2, -0.15) is 0 Å². The Hall–Kier alpha value is -2.94. The average Bonchev–Trinajstić information content (AvgIpc) is 2.38. The zero-order valence-electron chi connectivity index (χ0n) is 9.18. The highest BCUT2D eigenvalue weighted by atomic mass is 16.2. The van der Waals surface area contributed by atoms with Gasteiger partial charge in [-0.1, -0.05) is 9.98 Å². The van der Waals surface area contributed by atoms with E-state index in [0.717, 1.165) is 6.20 Å². The fourth-order valence-electron chi connectivity index (χ4n) is 1.52. The first-order valence-corrected chi connectivity index (χ1v) is 4.94. The lowest BCUT2D eigenvalue weighted by Gasteiger charge is -2.01. The molecule has 18 heavy (non-hydrogen) atoms. The lowest BCUT2D eigenvalue weighted by molar-refractivity contribution is -0.117. The van der Waals surface area contributed by atoms with Crippen LogP contribution in [0.15, 0.2) is 50.6 Å². The molecule has 0 aliphatic carbocycles. The van der Waals surface area contributed by atoms with Crippen molar-refractivity contribution in [2.45, 2.75) is 0 Å². The summed E-state index contributed by atoms with van der Waals surface area (Å²) in [5.41, 5.74) is 11.1. The Morgan fingerprint density at radius 2 is 2.00 bits per heavy atom. The van der Waals surface area contributed by atoms with Gasteiger partial charge in [-0.3, -0.25) is 9.59 Å². The van der Waals surface area contributed by atoms with Gasteiger partial charge < -0.3 is 11.5 Å². The third kappa shape index (κ3) is 1.97. The smallest absolute Gasteiger partial charge is 0.304 e. The van der Waals surface area contributed by atoms with Crippen molar-refractivity contribution in [3.63, 3.8) is 0 Å². The predicted octanol–water partition coefficient (Wildman–Crippen LogP) is -0.573. The SMILES string of the molecule is NC(=O)C1=CN=[C+]C(C2=[C+]N=CC=C2)=C1C(N)=O. The normalized spacial score (nSPS) is 16.7. The molecule has 2 rings (SSSR count). The molecule has 6 heteroatoms. The Balaban J connectivity index is 2.61. The molecule has 0 aromatic rings. The van der Waals surface area contributed by atoms with Crippen LogP contribution in [0.2, 0.25) is 0 Å². The molecular weight excluding hydrogens is 232 g/mol. The molecule has 2 aliphatic heterocycles. The highest BCUT2D eigenvalue weighted by Gasteiger charge is 2.38. The van der Waals surface area contributed by atoms with Gasteiger partial charge in [0.25, 0.3) is 17.1 Å². The molecule has 2 heterocycles. The van der Waals surface area contributed by atoms with Crippen molar-refractivity contribution in [2.75, 3.05) is 0 Å². The summed E-state index contributed by atoms with van der Waals surface area (Å²) in [4.78, 5) is 30.2. The van der Waals surface area contributed by atoms with Crippen molar-refractivity contribution in [3.05, 3.63) is 46.8 Å². The summed E-state index contributed by atoms with van der Waals surface area (Å²) < 4.78 is 0. The van der Waals surface area contributed by atoms with E-state index in [1.807, 2.05) is 0 Å². The Morgan fingerprint density at radius 1 is 1.22 bits per heavy atom. The van der Waals surface area contributed by atoms with E-state index in [1.54, 1.807) is 12.2 Å². The van der Waals surface area contributed by atoms with E-state index >= 15 is 0 Å². The van der Waals surface area contributed by atoms with Crippen molar-refractivity contribution in [1.82, 2.24) is 0 Å². The molecule has 6 nitrogen and oxygen atoms in total. The molecule has 0 aromatic heterocycles. The zero-order valence-corrected chi connectivity index (χ0v) is 9.18. The van der Waals surface area contributed by atoms with Crippen LogP contribution in [0.25, 0.3) is 0 Å². The summed E-state index contributed by atoms with van der Waals surface area (Å²) in [6.07, 6.45) is 11.3. The monoisotopic (exact) mass is 240 g/mol. The van der Waals surface area contributed by atoms with Gasteiger partial charge in [-0.25, -0.2) is 0 Å². The quantitative estimate of drug-likeness (QED) is 0.643. The van der Waals surface area contributed by atoms with Crippen LogP contribution in [0.1, 0.15) is 0 Å². The fourth-order valence-corrected chi connectivity index (χ4v) is 1.52. The van der Waals surface area contributed by atoms with Gasteiger partial charge in [0.05, 0.1) is 12.2 Å². The maximum absolute atomic E-state index is 11.5. The standard InChI is InChI=1S/C12H6N4O2/c13-11(17)9-6-16-5-8(10(9)12(14)18)7-2-1-3-15-4-7/h1-3,6H,(H2-2,13,14,17,18)/p+2. The summed E-state index contributed by atoms with van der Waals surface area (Å²) in [5, 5.41) is 0. The van der Waals surface area contributed by atoms with Crippen LogP contribution >= 0.6 is 0 Å². The van der Waals surface area contributed by atoms with Crippen LogP contribution < -0.4 is 11.5 Å². The highest BCUT2D eigenvalue weighted by molar-refractivity contribution is 6.15. The number of nitrogens with two attached hydrogens (primary N) is 2. The minimum atomic E-state index is -0.783. The first-order chi connectivity index (χ1) is 8.61. The van der Waals surface area contributed by atoms with Crippen LogP contribution in [0, 0.1) is 6.20 Å². The number of allylic oxidation sites excluding steroid dienone is 4. The van der Waals surface area contributed by atoms with E-state index in [1.165, 1.54) is 6.21 Å². The topological polar surface area (TPSA) is 111 Å². The van der Waals surface area contributed by atoms with Gasteiger partial charge in [0, 0.05) is 0 Å². The number of carbonyl (C=O) groups excluding carboxylic acids is 2. The molecule has 0 fully saturated rings. The van der Waals surface area contributed by atoms with Crippen LogP contribution in [0.5, 0.6) is 0 Å². The van der Waals surface area contributed by atoms with Crippen molar-refractivity contribution in [2.24, 2.45) is 21.5 Å². The molecule has 86 valence electrons. The van der Waals surface area contributed by atoms with Gasteiger partial charge >= 0.3 is 5.91 Å². The van der Waals surface area contributed by atoms with Crippen molar-refractivity contribution < 1.29 is 9.59 Å². The number of rotatable bonds is 3. The summed E-state index contributed by atoms with van der Waals surface area (Å²) in [6, 6.07) is 0. The van der Waals surface area contributed by atoms with Gasteiger partial charge in [-0.15, -0.1) is 0 Å². The number of hydrogen-bond donors (Lipinski definition) is 2. The van der Waals surface area contributed by atoms with E-state index in [0.29, 0.717) is 5.57 Å². The molecule has 0 atom stereocenters. The van der Waals surface area contributed by atoms with Gasteiger partial charge in [0.1, 0.15) is 12.4 Å². The third-order valence-electron chi connectivity index (χ3n) is 2.28. The summed E-state index contributed by atoms with van der Waals surface area (Å²) in [6.45, 7) is 0. The number of nitrogens with zero attached hydrogens (tertiary/aromatic N) is 2. The Bertz CT molecular complexity index is 604. The van der Waals surface area contributed by atoms with Gasteiger partial charge in [0.2, 0.25) is 5.57 Å². The Morgan fingerprint density at radius 3 is 2.56 bits per heavy atom. The number of carbonyl (C=O) groups is 2. The third-order valence-corrected chi connectivity index (χ3v) is 2.28. The van der Waals surface area contributed by atoms with Crippen LogP contribution in [0.3, 0.4) is 0 Å². The molecular formula is C12H8N4O2+2. The largest absolute Gasteiger partial charge is 0.364 e. The number of primary amides is 2. The fraction of sp³-hybridized carbons (Fsp3) is 0.